The Morgan fingerprint density at radius 1 is 1.00 bits per heavy atom. The van der Waals surface area contributed by atoms with Crippen LogP contribution in [0.1, 0.15) is 24.6 Å². The van der Waals surface area contributed by atoms with Crippen molar-refractivity contribution in [3.05, 3.63) is 71.8 Å². The summed E-state index contributed by atoms with van der Waals surface area (Å²) in [7, 11) is 0. The van der Waals surface area contributed by atoms with Crippen LogP contribution in [-0.2, 0) is 9.53 Å². The number of carbonyl (C=O) groups is 1. The lowest BCUT2D eigenvalue weighted by molar-refractivity contribution is -0.155. The van der Waals surface area contributed by atoms with Gasteiger partial charge in [-0.1, -0.05) is 60.7 Å². The fourth-order valence-corrected chi connectivity index (χ4v) is 2.31. The van der Waals surface area contributed by atoms with Crippen LogP contribution in [0.15, 0.2) is 60.7 Å². The summed E-state index contributed by atoms with van der Waals surface area (Å²) in [5.41, 5.74) is 1.93. The number of benzene rings is 2. The third-order valence-electron chi connectivity index (χ3n) is 3.21. The SMILES string of the molecule is [2H]C1N[C@@H](c2ccccc2)[C@@H](c2ccccc2)OC1=O. The maximum Gasteiger partial charge on any atom is 0.320 e. The highest BCUT2D eigenvalue weighted by atomic mass is 16.5. The van der Waals surface area contributed by atoms with E-state index in [1.54, 1.807) is 0 Å². The first-order valence-electron chi connectivity index (χ1n) is 6.82. The second kappa shape index (κ2) is 5.24. The van der Waals surface area contributed by atoms with Crippen LogP contribution >= 0.6 is 0 Å². The zero-order valence-corrected chi connectivity index (χ0v) is 10.3. The summed E-state index contributed by atoms with van der Waals surface area (Å²) < 4.78 is 13.2. The molecule has 1 aliphatic heterocycles. The lowest BCUT2D eigenvalue weighted by atomic mass is 9.94. The first-order chi connectivity index (χ1) is 9.75. The van der Waals surface area contributed by atoms with E-state index in [0.29, 0.717) is 0 Å². The number of rotatable bonds is 2. The predicted molar refractivity (Wildman–Crippen MR) is 72.5 cm³/mol. The Labute approximate surface area is 113 Å². The molecule has 0 bridgehead atoms. The molecule has 96 valence electrons. The van der Waals surface area contributed by atoms with Crippen molar-refractivity contribution in [2.45, 2.75) is 12.1 Å². The Morgan fingerprint density at radius 2 is 1.58 bits per heavy atom. The van der Waals surface area contributed by atoms with Gasteiger partial charge in [-0.15, -0.1) is 0 Å². The molecule has 3 nitrogen and oxygen atoms in total. The van der Waals surface area contributed by atoms with E-state index in [4.69, 9.17) is 6.11 Å². The van der Waals surface area contributed by atoms with E-state index < -0.39 is 18.6 Å². The summed E-state index contributed by atoms with van der Waals surface area (Å²) >= 11 is 0. The molecular formula is C16H15NO2. The standard InChI is InChI=1S/C16H15NO2/c18-14-11-17-15(12-7-3-1-4-8-12)16(19-14)13-9-5-2-6-10-13/h1-10,15-17H,11H2/t15-,16+/m0/s1/i11D/t11?,15-,16+. The quantitative estimate of drug-likeness (QED) is 0.837. The highest BCUT2D eigenvalue weighted by Gasteiger charge is 2.32. The van der Waals surface area contributed by atoms with Gasteiger partial charge in [-0.2, -0.15) is 0 Å². The van der Waals surface area contributed by atoms with Gasteiger partial charge in [0.15, 0.2) is 0 Å². The Bertz CT molecular complexity index is 588. The predicted octanol–water partition coefficient (Wildman–Crippen LogP) is 2.62. The van der Waals surface area contributed by atoms with Crippen molar-refractivity contribution in [2.75, 3.05) is 6.52 Å². The first kappa shape index (κ1) is 10.8. The minimum Gasteiger partial charge on any atom is -0.454 e. The molecule has 0 aromatic heterocycles. The van der Waals surface area contributed by atoms with Gasteiger partial charge in [0.2, 0.25) is 0 Å². The van der Waals surface area contributed by atoms with Crippen molar-refractivity contribution in [3.63, 3.8) is 0 Å². The molecule has 19 heavy (non-hydrogen) atoms. The molecule has 0 spiro atoms. The van der Waals surface area contributed by atoms with Gasteiger partial charge in [0.05, 0.1) is 13.9 Å². The minimum atomic E-state index is -1.04. The molecule has 3 rings (SSSR count). The average Bonchev–Trinajstić information content (AvgIpc) is 2.51. The Balaban J connectivity index is 1.98. The molecule has 1 heterocycles. The third-order valence-corrected chi connectivity index (χ3v) is 3.21. The van der Waals surface area contributed by atoms with Crippen molar-refractivity contribution in [3.8, 4) is 0 Å². The largest absolute Gasteiger partial charge is 0.454 e. The van der Waals surface area contributed by atoms with E-state index in [1.165, 1.54) is 0 Å². The second-order valence-corrected chi connectivity index (χ2v) is 4.47. The van der Waals surface area contributed by atoms with E-state index >= 15 is 0 Å². The molecule has 2 aromatic rings. The summed E-state index contributed by atoms with van der Waals surface area (Å²) in [5.74, 6) is -0.536. The zero-order chi connectivity index (χ0) is 13.9. The van der Waals surface area contributed by atoms with Crippen LogP contribution in [0.4, 0.5) is 0 Å². The molecule has 3 atom stereocenters. The molecule has 2 aromatic carbocycles. The molecule has 1 unspecified atom stereocenters. The summed E-state index contributed by atoms with van der Waals surface area (Å²) in [4.78, 5) is 11.7. The van der Waals surface area contributed by atoms with E-state index in [1.807, 2.05) is 60.7 Å². The van der Waals surface area contributed by atoms with Gasteiger partial charge in [0.25, 0.3) is 0 Å². The molecule has 3 heteroatoms. The van der Waals surface area contributed by atoms with Crippen molar-refractivity contribution < 1.29 is 10.9 Å². The van der Waals surface area contributed by atoms with Gasteiger partial charge in [-0.3, -0.25) is 10.1 Å². The lowest BCUT2D eigenvalue weighted by Crippen LogP contribution is -2.40. The number of cyclic esters (lactones) is 1. The summed E-state index contributed by atoms with van der Waals surface area (Å²) in [5, 5.41) is 3.02. The molecule has 0 radical (unpaired) electrons. The Hall–Kier alpha value is -2.13. The number of hydrogen-bond acceptors (Lipinski definition) is 3. The van der Waals surface area contributed by atoms with Gasteiger partial charge in [-0.05, 0) is 11.1 Å². The van der Waals surface area contributed by atoms with Crippen molar-refractivity contribution >= 4 is 5.97 Å². The van der Waals surface area contributed by atoms with Crippen LogP contribution in [0, 0.1) is 0 Å². The van der Waals surface area contributed by atoms with Gasteiger partial charge < -0.3 is 4.74 Å². The summed E-state index contributed by atoms with van der Waals surface area (Å²) in [6, 6.07) is 19.2. The summed E-state index contributed by atoms with van der Waals surface area (Å²) in [6.45, 7) is -1.04. The van der Waals surface area contributed by atoms with Crippen LogP contribution < -0.4 is 5.32 Å². The monoisotopic (exact) mass is 254 g/mol. The highest BCUT2D eigenvalue weighted by Crippen LogP contribution is 2.34. The van der Waals surface area contributed by atoms with E-state index in [0.717, 1.165) is 11.1 Å². The molecule has 0 amide bonds. The van der Waals surface area contributed by atoms with E-state index in [-0.39, 0.29) is 6.04 Å². The molecule has 1 N–H and O–H groups in total. The normalized spacial score (nSPS) is 27.5. The van der Waals surface area contributed by atoms with Gasteiger partial charge >= 0.3 is 5.97 Å². The molecule has 1 aliphatic rings. The second-order valence-electron chi connectivity index (χ2n) is 4.47. The number of carbonyl (C=O) groups excluding carboxylic acids is 1. The molecular weight excluding hydrogens is 238 g/mol. The van der Waals surface area contributed by atoms with E-state index in [9.17, 15) is 4.79 Å². The smallest absolute Gasteiger partial charge is 0.320 e. The van der Waals surface area contributed by atoms with Gasteiger partial charge in [0.1, 0.15) is 6.10 Å². The van der Waals surface area contributed by atoms with Crippen LogP contribution in [0.3, 0.4) is 0 Å². The van der Waals surface area contributed by atoms with Gasteiger partial charge in [-0.25, -0.2) is 0 Å². The van der Waals surface area contributed by atoms with Crippen LogP contribution in [0.25, 0.3) is 0 Å². The van der Waals surface area contributed by atoms with Crippen molar-refractivity contribution in [1.29, 1.82) is 0 Å². The Kier molecular flexibility index (Phi) is 2.97. The molecule has 1 fully saturated rings. The van der Waals surface area contributed by atoms with Crippen molar-refractivity contribution in [2.24, 2.45) is 0 Å². The number of morpholine rings is 1. The maximum atomic E-state index is 11.7. The summed E-state index contributed by atoms with van der Waals surface area (Å²) in [6.07, 6.45) is -0.410. The number of ether oxygens (including phenoxy) is 1. The molecule has 0 aliphatic carbocycles. The highest BCUT2D eigenvalue weighted by molar-refractivity contribution is 5.73. The maximum absolute atomic E-state index is 11.7. The number of esters is 1. The number of nitrogens with one attached hydrogen (secondary N) is 1. The minimum absolute atomic E-state index is 0.209. The number of hydrogen-bond donors (Lipinski definition) is 1. The van der Waals surface area contributed by atoms with Gasteiger partial charge in [0, 0.05) is 0 Å². The van der Waals surface area contributed by atoms with Crippen LogP contribution in [0.2, 0.25) is 0 Å². The fraction of sp³-hybridized carbons (Fsp3) is 0.188. The molecule has 0 saturated carbocycles. The average molecular weight is 254 g/mol. The lowest BCUT2D eigenvalue weighted by Gasteiger charge is -2.32. The topological polar surface area (TPSA) is 38.3 Å². The molecule has 1 saturated heterocycles. The van der Waals surface area contributed by atoms with Crippen LogP contribution in [0.5, 0.6) is 0 Å². The first-order valence-corrected chi connectivity index (χ1v) is 6.24. The van der Waals surface area contributed by atoms with Crippen LogP contribution in [-0.4, -0.2) is 12.5 Å². The fourth-order valence-electron chi connectivity index (χ4n) is 2.31. The third kappa shape index (κ3) is 2.51. The Morgan fingerprint density at radius 3 is 2.21 bits per heavy atom. The zero-order valence-electron chi connectivity index (χ0n) is 11.3. The van der Waals surface area contributed by atoms with E-state index in [2.05, 4.69) is 5.32 Å². The van der Waals surface area contributed by atoms with Crippen molar-refractivity contribution in [1.82, 2.24) is 5.32 Å².